The lowest BCUT2D eigenvalue weighted by molar-refractivity contribution is 0.699. The van der Waals surface area contributed by atoms with E-state index in [-0.39, 0.29) is 11.4 Å². The molecule has 3 aromatic rings. The summed E-state index contributed by atoms with van der Waals surface area (Å²) in [4.78, 5) is 20.0. The molecule has 0 unspecified atom stereocenters. The topological polar surface area (TPSA) is 34.9 Å². The largest absolute Gasteiger partial charge is 0.268 e. The molecule has 2 heterocycles. The van der Waals surface area contributed by atoms with Gasteiger partial charge in [0, 0.05) is 4.88 Å². The van der Waals surface area contributed by atoms with Gasteiger partial charge in [-0.05, 0) is 43.4 Å². The van der Waals surface area contributed by atoms with Gasteiger partial charge in [0.1, 0.15) is 10.7 Å². The third-order valence-corrected chi connectivity index (χ3v) is 5.62. The summed E-state index contributed by atoms with van der Waals surface area (Å²) in [5.41, 5.74) is 2.06. The number of fused-ring (bicyclic) bond motifs is 3. The predicted molar refractivity (Wildman–Crippen MR) is 91.4 cm³/mol. The lowest BCUT2D eigenvalue weighted by Gasteiger charge is -2.12. The summed E-state index contributed by atoms with van der Waals surface area (Å²) in [7, 11) is 0. The van der Waals surface area contributed by atoms with Gasteiger partial charge in [0.25, 0.3) is 5.56 Å². The second-order valence-electron chi connectivity index (χ2n) is 5.53. The molecule has 1 aliphatic carbocycles. The molecular formula is C17H15ClN2OS. The minimum Gasteiger partial charge on any atom is -0.268 e. The zero-order valence-corrected chi connectivity index (χ0v) is 13.6. The first kappa shape index (κ1) is 14.0. The first-order valence-electron chi connectivity index (χ1n) is 7.47. The van der Waals surface area contributed by atoms with E-state index in [0.29, 0.717) is 5.82 Å². The Morgan fingerprint density at radius 1 is 1.18 bits per heavy atom. The molecule has 0 amide bonds. The van der Waals surface area contributed by atoms with Crippen LogP contribution >= 0.6 is 22.9 Å². The maximum Gasteiger partial charge on any atom is 0.267 e. The van der Waals surface area contributed by atoms with Crippen molar-refractivity contribution in [3.05, 3.63) is 57.0 Å². The van der Waals surface area contributed by atoms with E-state index >= 15 is 0 Å². The molecule has 0 aliphatic heterocycles. The molecular weight excluding hydrogens is 316 g/mol. The van der Waals surface area contributed by atoms with Gasteiger partial charge in [-0.25, -0.2) is 4.98 Å². The van der Waals surface area contributed by atoms with Crippen LogP contribution in [0.3, 0.4) is 0 Å². The number of aromatic nitrogens is 2. The molecule has 0 N–H and O–H groups in total. The van der Waals surface area contributed by atoms with Gasteiger partial charge in [-0.3, -0.25) is 9.36 Å². The Bertz CT molecular complexity index is 898. The molecule has 0 atom stereocenters. The van der Waals surface area contributed by atoms with E-state index < -0.39 is 0 Å². The quantitative estimate of drug-likeness (QED) is 0.664. The van der Waals surface area contributed by atoms with Gasteiger partial charge in [0.2, 0.25) is 0 Å². The zero-order chi connectivity index (χ0) is 15.1. The average Bonchev–Trinajstić information content (AvgIpc) is 2.94. The van der Waals surface area contributed by atoms with Gasteiger partial charge in [-0.2, -0.15) is 0 Å². The SMILES string of the molecule is O=c1c2c3c(sc2nc(CCl)n1-c1ccccc1)CCCC3. The number of alkyl halides is 1. The molecule has 112 valence electrons. The van der Waals surface area contributed by atoms with Gasteiger partial charge >= 0.3 is 0 Å². The van der Waals surface area contributed by atoms with Gasteiger partial charge in [0.05, 0.1) is 17.0 Å². The maximum absolute atomic E-state index is 13.1. The summed E-state index contributed by atoms with van der Waals surface area (Å²) in [6.45, 7) is 0. The van der Waals surface area contributed by atoms with Crippen LogP contribution in [0.4, 0.5) is 0 Å². The average molecular weight is 331 g/mol. The summed E-state index contributed by atoms with van der Waals surface area (Å²) in [6.07, 6.45) is 4.41. The van der Waals surface area contributed by atoms with E-state index in [2.05, 4.69) is 4.98 Å². The van der Waals surface area contributed by atoms with Crippen LogP contribution in [0.5, 0.6) is 0 Å². The predicted octanol–water partition coefficient (Wildman–Crippen LogP) is 4.06. The summed E-state index contributed by atoms with van der Waals surface area (Å²) >= 11 is 7.73. The number of halogens is 1. The minimum atomic E-state index is 0.0197. The number of hydrogen-bond donors (Lipinski definition) is 0. The van der Waals surface area contributed by atoms with Crippen molar-refractivity contribution in [1.29, 1.82) is 0 Å². The van der Waals surface area contributed by atoms with Gasteiger partial charge in [-0.15, -0.1) is 22.9 Å². The summed E-state index contributed by atoms with van der Waals surface area (Å²) in [6, 6.07) is 9.63. The van der Waals surface area contributed by atoms with Crippen LogP contribution in [0.15, 0.2) is 35.1 Å². The van der Waals surface area contributed by atoms with Gasteiger partial charge in [0.15, 0.2) is 0 Å². The molecule has 1 aromatic carbocycles. The van der Waals surface area contributed by atoms with E-state index in [1.54, 1.807) is 15.9 Å². The standard InChI is InChI=1S/C17H15ClN2OS/c18-10-14-19-16-15(12-8-4-5-9-13(12)22-16)17(21)20(14)11-6-2-1-3-7-11/h1-3,6-7H,4-5,8-10H2. The Balaban J connectivity index is 2.08. The molecule has 0 spiro atoms. The van der Waals surface area contributed by atoms with Gasteiger partial charge in [-0.1, -0.05) is 18.2 Å². The Labute approximate surface area is 137 Å². The number of hydrogen-bond acceptors (Lipinski definition) is 3. The second-order valence-corrected chi connectivity index (χ2v) is 6.88. The third-order valence-electron chi connectivity index (χ3n) is 4.19. The highest BCUT2D eigenvalue weighted by molar-refractivity contribution is 7.18. The number of rotatable bonds is 2. The van der Waals surface area contributed by atoms with Crippen molar-refractivity contribution in [2.24, 2.45) is 0 Å². The van der Waals surface area contributed by atoms with E-state index in [4.69, 9.17) is 11.6 Å². The molecule has 0 bridgehead atoms. The molecule has 2 aromatic heterocycles. The summed E-state index contributed by atoms with van der Waals surface area (Å²) in [5, 5.41) is 0.803. The van der Waals surface area contributed by atoms with Crippen molar-refractivity contribution < 1.29 is 0 Å². The van der Waals surface area contributed by atoms with E-state index in [1.165, 1.54) is 16.9 Å². The number of nitrogens with zero attached hydrogens (tertiary/aromatic N) is 2. The fraction of sp³-hybridized carbons (Fsp3) is 0.294. The molecule has 4 rings (SSSR count). The van der Waals surface area contributed by atoms with Crippen LogP contribution in [0.1, 0.15) is 29.1 Å². The van der Waals surface area contributed by atoms with Crippen LogP contribution in [0, 0.1) is 0 Å². The highest BCUT2D eigenvalue weighted by atomic mass is 35.5. The first-order valence-corrected chi connectivity index (χ1v) is 8.82. The van der Waals surface area contributed by atoms with Crippen molar-refractivity contribution in [1.82, 2.24) is 9.55 Å². The van der Waals surface area contributed by atoms with Crippen LogP contribution in [0.2, 0.25) is 0 Å². The highest BCUT2D eigenvalue weighted by Crippen LogP contribution is 2.34. The Hall–Kier alpha value is -1.65. The van der Waals surface area contributed by atoms with E-state index in [9.17, 15) is 4.79 Å². The Morgan fingerprint density at radius 2 is 1.95 bits per heavy atom. The van der Waals surface area contributed by atoms with Crippen LogP contribution in [0.25, 0.3) is 15.9 Å². The maximum atomic E-state index is 13.1. The molecule has 0 saturated carbocycles. The Kier molecular flexibility index (Phi) is 3.51. The van der Waals surface area contributed by atoms with Crippen molar-refractivity contribution in [2.45, 2.75) is 31.6 Å². The number of benzene rings is 1. The van der Waals surface area contributed by atoms with E-state index in [1.807, 2.05) is 30.3 Å². The molecule has 5 heteroatoms. The minimum absolute atomic E-state index is 0.0197. The Morgan fingerprint density at radius 3 is 2.73 bits per heavy atom. The van der Waals surface area contributed by atoms with Crippen molar-refractivity contribution >= 4 is 33.2 Å². The van der Waals surface area contributed by atoms with Crippen molar-refractivity contribution in [3.8, 4) is 5.69 Å². The molecule has 3 nitrogen and oxygen atoms in total. The summed E-state index contributed by atoms with van der Waals surface area (Å²) in [5.74, 6) is 0.840. The number of thiophene rings is 1. The summed E-state index contributed by atoms with van der Waals surface area (Å²) < 4.78 is 1.66. The molecule has 0 saturated heterocycles. The molecule has 1 aliphatic rings. The molecule has 0 fully saturated rings. The molecule has 0 radical (unpaired) electrons. The fourth-order valence-electron chi connectivity index (χ4n) is 3.18. The monoisotopic (exact) mass is 330 g/mol. The number of aryl methyl sites for hydroxylation is 2. The fourth-order valence-corrected chi connectivity index (χ4v) is 4.63. The van der Waals surface area contributed by atoms with Crippen LogP contribution in [-0.4, -0.2) is 9.55 Å². The van der Waals surface area contributed by atoms with Crippen molar-refractivity contribution in [3.63, 3.8) is 0 Å². The zero-order valence-electron chi connectivity index (χ0n) is 12.0. The second kappa shape index (κ2) is 5.52. The molecule has 22 heavy (non-hydrogen) atoms. The van der Waals surface area contributed by atoms with Crippen LogP contribution in [-0.2, 0) is 18.7 Å². The van der Waals surface area contributed by atoms with Crippen molar-refractivity contribution in [2.75, 3.05) is 0 Å². The smallest absolute Gasteiger partial charge is 0.267 e. The van der Waals surface area contributed by atoms with E-state index in [0.717, 1.165) is 35.2 Å². The van der Waals surface area contributed by atoms with Gasteiger partial charge < -0.3 is 0 Å². The lowest BCUT2D eigenvalue weighted by atomic mass is 9.97. The number of para-hydroxylation sites is 1. The highest BCUT2D eigenvalue weighted by Gasteiger charge is 2.22. The lowest BCUT2D eigenvalue weighted by Crippen LogP contribution is -2.23. The normalized spacial score (nSPS) is 14.2. The third kappa shape index (κ3) is 2.09. The first-order chi connectivity index (χ1) is 10.8. The van der Waals surface area contributed by atoms with Crippen LogP contribution < -0.4 is 5.56 Å².